The lowest BCUT2D eigenvalue weighted by atomic mass is 9.98. The van der Waals surface area contributed by atoms with Crippen LogP contribution >= 0.6 is 0 Å². The first-order valence-corrected chi connectivity index (χ1v) is 5.81. The molecule has 0 aliphatic rings. The molecule has 2 nitrogen and oxygen atoms in total. The minimum atomic E-state index is 0.162. The van der Waals surface area contributed by atoms with Gasteiger partial charge in [-0.3, -0.25) is 9.78 Å². The summed E-state index contributed by atoms with van der Waals surface area (Å²) in [5.41, 5.74) is 2.91. The SMILES string of the molecule is CCc1ccccc1C(=O)Cc1cccnc1. The maximum absolute atomic E-state index is 12.2. The summed E-state index contributed by atoms with van der Waals surface area (Å²) in [6.07, 6.45) is 4.76. The Bertz CT molecular complexity index is 505. The van der Waals surface area contributed by atoms with Crippen molar-refractivity contribution in [2.24, 2.45) is 0 Å². The monoisotopic (exact) mass is 225 g/mol. The number of carbonyl (C=O) groups excluding carboxylic acids is 1. The Hall–Kier alpha value is -1.96. The highest BCUT2D eigenvalue weighted by Gasteiger charge is 2.10. The number of hydrogen-bond donors (Lipinski definition) is 0. The van der Waals surface area contributed by atoms with Crippen molar-refractivity contribution < 1.29 is 4.79 Å². The maximum atomic E-state index is 12.2. The predicted molar refractivity (Wildman–Crippen MR) is 68.1 cm³/mol. The van der Waals surface area contributed by atoms with E-state index in [4.69, 9.17) is 0 Å². The topological polar surface area (TPSA) is 30.0 Å². The summed E-state index contributed by atoms with van der Waals surface area (Å²) in [7, 11) is 0. The van der Waals surface area contributed by atoms with Crippen LogP contribution < -0.4 is 0 Å². The molecule has 1 heterocycles. The summed E-state index contributed by atoms with van der Waals surface area (Å²) >= 11 is 0. The zero-order valence-electron chi connectivity index (χ0n) is 9.89. The molecule has 2 aromatic rings. The van der Waals surface area contributed by atoms with Crippen LogP contribution in [0.5, 0.6) is 0 Å². The Morgan fingerprint density at radius 2 is 2.00 bits per heavy atom. The highest BCUT2D eigenvalue weighted by molar-refractivity contribution is 5.98. The van der Waals surface area contributed by atoms with Crippen LogP contribution in [0.2, 0.25) is 0 Å². The highest BCUT2D eigenvalue weighted by atomic mass is 16.1. The Morgan fingerprint density at radius 3 is 2.71 bits per heavy atom. The number of aromatic nitrogens is 1. The van der Waals surface area contributed by atoms with Crippen LogP contribution in [0, 0.1) is 0 Å². The minimum Gasteiger partial charge on any atom is -0.294 e. The molecule has 0 saturated heterocycles. The standard InChI is InChI=1S/C15H15NO/c1-2-13-7-3-4-8-14(13)15(17)10-12-6-5-9-16-11-12/h3-9,11H,2,10H2,1H3. The van der Waals surface area contributed by atoms with Crippen molar-refractivity contribution in [3.8, 4) is 0 Å². The molecule has 2 heteroatoms. The first-order valence-electron chi connectivity index (χ1n) is 5.81. The van der Waals surface area contributed by atoms with E-state index in [1.54, 1.807) is 12.4 Å². The van der Waals surface area contributed by atoms with Gasteiger partial charge < -0.3 is 0 Å². The lowest BCUT2D eigenvalue weighted by Gasteiger charge is -2.06. The molecule has 2 rings (SSSR count). The summed E-state index contributed by atoms with van der Waals surface area (Å²) in [6.45, 7) is 2.07. The third-order valence-electron chi connectivity index (χ3n) is 2.79. The molecule has 0 N–H and O–H groups in total. The lowest BCUT2D eigenvalue weighted by molar-refractivity contribution is 0.0992. The van der Waals surface area contributed by atoms with Gasteiger partial charge in [0.15, 0.2) is 5.78 Å². The molecular weight excluding hydrogens is 210 g/mol. The second-order valence-corrected chi connectivity index (χ2v) is 3.97. The molecule has 0 aliphatic carbocycles. The Balaban J connectivity index is 2.20. The zero-order chi connectivity index (χ0) is 12.1. The number of benzene rings is 1. The molecule has 17 heavy (non-hydrogen) atoms. The lowest BCUT2D eigenvalue weighted by Crippen LogP contribution is -2.06. The number of rotatable bonds is 4. The van der Waals surface area contributed by atoms with Gasteiger partial charge in [0.1, 0.15) is 0 Å². The fraction of sp³-hybridized carbons (Fsp3) is 0.200. The zero-order valence-corrected chi connectivity index (χ0v) is 9.89. The summed E-state index contributed by atoms with van der Waals surface area (Å²) in [5.74, 6) is 0.162. The molecule has 0 amide bonds. The van der Waals surface area contributed by atoms with Crippen LogP contribution in [0.15, 0.2) is 48.8 Å². The predicted octanol–water partition coefficient (Wildman–Crippen LogP) is 3.07. The van der Waals surface area contributed by atoms with E-state index < -0.39 is 0 Å². The molecule has 0 aliphatic heterocycles. The molecular formula is C15H15NO. The Morgan fingerprint density at radius 1 is 1.18 bits per heavy atom. The van der Waals surface area contributed by atoms with Gasteiger partial charge in [-0.05, 0) is 23.6 Å². The molecule has 0 bridgehead atoms. The molecule has 0 saturated carbocycles. The van der Waals surface area contributed by atoms with Crippen molar-refractivity contribution in [3.63, 3.8) is 0 Å². The van der Waals surface area contributed by atoms with E-state index in [1.807, 2.05) is 36.4 Å². The number of carbonyl (C=O) groups is 1. The Labute approximate surface area is 101 Å². The van der Waals surface area contributed by atoms with Gasteiger partial charge in [-0.15, -0.1) is 0 Å². The van der Waals surface area contributed by atoms with Crippen molar-refractivity contribution in [1.82, 2.24) is 4.98 Å². The fourth-order valence-electron chi connectivity index (χ4n) is 1.88. The summed E-state index contributed by atoms with van der Waals surface area (Å²) < 4.78 is 0. The average Bonchev–Trinajstić information content (AvgIpc) is 2.40. The van der Waals surface area contributed by atoms with E-state index in [2.05, 4.69) is 11.9 Å². The third kappa shape index (κ3) is 2.78. The summed E-state index contributed by atoms with van der Waals surface area (Å²) in [6, 6.07) is 11.6. The second kappa shape index (κ2) is 5.39. The molecule has 0 fully saturated rings. The van der Waals surface area contributed by atoms with Crippen LogP contribution in [-0.4, -0.2) is 10.8 Å². The Kier molecular flexibility index (Phi) is 3.66. The smallest absolute Gasteiger partial charge is 0.167 e. The van der Waals surface area contributed by atoms with E-state index in [1.165, 1.54) is 0 Å². The van der Waals surface area contributed by atoms with Gasteiger partial charge in [0.25, 0.3) is 0 Å². The maximum Gasteiger partial charge on any atom is 0.167 e. The van der Waals surface area contributed by atoms with Gasteiger partial charge in [0.05, 0.1) is 0 Å². The number of Topliss-reactive ketones (excluding diaryl/α,β-unsaturated/α-hetero) is 1. The van der Waals surface area contributed by atoms with Crippen molar-refractivity contribution in [2.45, 2.75) is 19.8 Å². The third-order valence-corrected chi connectivity index (χ3v) is 2.79. The highest BCUT2D eigenvalue weighted by Crippen LogP contribution is 2.12. The van der Waals surface area contributed by atoms with Crippen LogP contribution in [-0.2, 0) is 12.8 Å². The van der Waals surface area contributed by atoms with Gasteiger partial charge in [-0.2, -0.15) is 0 Å². The first kappa shape index (κ1) is 11.5. The van der Waals surface area contributed by atoms with Gasteiger partial charge in [0, 0.05) is 24.4 Å². The van der Waals surface area contributed by atoms with E-state index in [9.17, 15) is 4.79 Å². The molecule has 86 valence electrons. The van der Waals surface area contributed by atoms with E-state index in [0.29, 0.717) is 6.42 Å². The molecule has 0 atom stereocenters. The average molecular weight is 225 g/mol. The molecule has 0 radical (unpaired) electrons. The number of pyridine rings is 1. The van der Waals surface area contributed by atoms with Crippen LogP contribution in [0.4, 0.5) is 0 Å². The summed E-state index contributed by atoms with van der Waals surface area (Å²) in [5, 5.41) is 0. The van der Waals surface area contributed by atoms with Crippen molar-refractivity contribution in [3.05, 3.63) is 65.5 Å². The van der Waals surface area contributed by atoms with Crippen LogP contribution in [0.1, 0.15) is 28.4 Å². The largest absolute Gasteiger partial charge is 0.294 e. The summed E-state index contributed by atoms with van der Waals surface area (Å²) in [4.78, 5) is 16.2. The number of ketones is 1. The van der Waals surface area contributed by atoms with Gasteiger partial charge in [0.2, 0.25) is 0 Å². The molecule has 1 aromatic heterocycles. The van der Waals surface area contributed by atoms with Crippen molar-refractivity contribution in [1.29, 1.82) is 0 Å². The minimum absolute atomic E-state index is 0.162. The fourth-order valence-corrected chi connectivity index (χ4v) is 1.88. The second-order valence-electron chi connectivity index (χ2n) is 3.97. The van der Waals surface area contributed by atoms with Gasteiger partial charge in [-0.25, -0.2) is 0 Å². The van der Waals surface area contributed by atoms with Crippen LogP contribution in [0.3, 0.4) is 0 Å². The normalized spacial score (nSPS) is 10.2. The van der Waals surface area contributed by atoms with Gasteiger partial charge >= 0.3 is 0 Å². The van der Waals surface area contributed by atoms with Gasteiger partial charge in [-0.1, -0.05) is 37.3 Å². The van der Waals surface area contributed by atoms with Crippen LogP contribution in [0.25, 0.3) is 0 Å². The van der Waals surface area contributed by atoms with E-state index in [-0.39, 0.29) is 5.78 Å². The molecule has 0 spiro atoms. The van der Waals surface area contributed by atoms with E-state index >= 15 is 0 Å². The number of aryl methyl sites for hydroxylation is 1. The van der Waals surface area contributed by atoms with E-state index in [0.717, 1.165) is 23.1 Å². The molecule has 0 unspecified atom stereocenters. The number of nitrogens with zero attached hydrogens (tertiary/aromatic N) is 1. The van der Waals surface area contributed by atoms with Crippen molar-refractivity contribution >= 4 is 5.78 Å². The quantitative estimate of drug-likeness (QED) is 0.748. The molecule has 1 aromatic carbocycles. The first-order chi connectivity index (χ1) is 8.31. The van der Waals surface area contributed by atoms with Crippen molar-refractivity contribution in [2.75, 3.05) is 0 Å². The number of hydrogen-bond acceptors (Lipinski definition) is 2.